The molecule has 2 aromatic heterocycles. The van der Waals surface area contributed by atoms with Crippen molar-refractivity contribution in [2.75, 3.05) is 0 Å². The van der Waals surface area contributed by atoms with Crippen molar-refractivity contribution < 1.29 is 4.42 Å². The largest absolute Gasteiger partial charge is 0.461 e. The first-order valence-corrected chi connectivity index (χ1v) is 4.64. The molecule has 0 saturated carbocycles. The summed E-state index contributed by atoms with van der Waals surface area (Å²) in [7, 11) is 0. The summed E-state index contributed by atoms with van der Waals surface area (Å²) in [6.45, 7) is 4.21. The molecular weight excluding hydrogens is 176 g/mol. The quantitative estimate of drug-likeness (QED) is 0.727. The van der Waals surface area contributed by atoms with Crippen LogP contribution in [0, 0.1) is 0 Å². The Balaban J connectivity index is 2.41. The highest BCUT2D eigenvalue weighted by atomic mass is 16.3. The van der Waals surface area contributed by atoms with E-state index < -0.39 is 0 Å². The zero-order chi connectivity index (χ0) is 9.97. The van der Waals surface area contributed by atoms with Crippen molar-refractivity contribution in [3.8, 4) is 11.6 Å². The van der Waals surface area contributed by atoms with Gasteiger partial charge in [-0.3, -0.25) is 0 Å². The predicted octanol–water partition coefficient (Wildman–Crippen LogP) is 2.86. The molecule has 0 aromatic carbocycles. The Hall–Kier alpha value is -1.64. The molecule has 0 spiro atoms. The number of aromatic nitrogens is 2. The van der Waals surface area contributed by atoms with Crippen molar-refractivity contribution in [3.05, 3.63) is 36.4 Å². The molecule has 0 aliphatic rings. The third-order valence-electron chi connectivity index (χ3n) is 2.01. The molecule has 0 N–H and O–H groups in total. The van der Waals surface area contributed by atoms with Gasteiger partial charge >= 0.3 is 0 Å². The molecule has 0 fully saturated rings. The summed E-state index contributed by atoms with van der Waals surface area (Å²) in [4.78, 5) is 8.57. The zero-order valence-corrected chi connectivity index (χ0v) is 8.27. The van der Waals surface area contributed by atoms with Gasteiger partial charge in [-0.1, -0.05) is 13.8 Å². The smallest absolute Gasteiger partial charge is 0.195 e. The average Bonchev–Trinajstić information content (AvgIpc) is 2.71. The van der Waals surface area contributed by atoms with Gasteiger partial charge in [-0.05, 0) is 24.1 Å². The lowest BCUT2D eigenvalue weighted by atomic mass is 10.1. The first kappa shape index (κ1) is 8.94. The minimum atomic E-state index is 0.409. The Labute approximate surface area is 82.8 Å². The van der Waals surface area contributed by atoms with E-state index in [1.807, 2.05) is 18.2 Å². The molecule has 0 unspecified atom stereocenters. The molecule has 0 aliphatic heterocycles. The maximum absolute atomic E-state index is 5.23. The minimum Gasteiger partial charge on any atom is -0.461 e. The first-order chi connectivity index (χ1) is 6.77. The third kappa shape index (κ3) is 1.66. The number of hydrogen-bond donors (Lipinski definition) is 0. The van der Waals surface area contributed by atoms with Gasteiger partial charge in [-0.2, -0.15) is 0 Å². The van der Waals surface area contributed by atoms with Crippen LogP contribution in [0.4, 0.5) is 0 Å². The van der Waals surface area contributed by atoms with Crippen LogP contribution in [0.1, 0.15) is 25.5 Å². The first-order valence-electron chi connectivity index (χ1n) is 4.64. The second-order valence-corrected chi connectivity index (χ2v) is 3.44. The summed E-state index contributed by atoms with van der Waals surface area (Å²) in [6.07, 6.45) is 3.39. The van der Waals surface area contributed by atoms with Crippen LogP contribution in [0.3, 0.4) is 0 Å². The van der Waals surface area contributed by atoms with E-state index in [1.54, 1.807) is 12.5 Å². The van der Waals surface area contributed by atoms with Crippen LogP contribution < -0.4 is 0 Å². The van der Waals surface area contributed by atoms with E-state index in [4.69, 9.17) is 4.42 Å². The van der Waals surface area contributed by atoms with Crippen molar-refractivity contribution in [2.24, 2.45) is 0 Å². The second-order valence-electron chi connectivity index (χ2n) is 3.44. The van der Waals surface area contributed by atoms with Gasteiger partial charge in [0, 0.05) is 11.9 Å². The van der Waals surface area contributed by atoms with E-state index in [0.717, 1.165) is 5.69 Å². The Bertz CT molecular complexity index is 407. The van der Waals surface area contributed by atoms with E-state index in [2.05, 4.69) is 23.8 Å². The van der Waals surface area contributed by atoms with Gasteiger partial charge in [0.2, 0.25) is 0 Å². The molecule has 3 nitrogen and oxygen atoms in total. The van der Waals surface area contributed by atoms with Crippen LogP contribution in [0.25, 0.3) is 11.6 Å². The SMILES string of the molecule is CC(C)c1ccnc(-c2ccco2)n1. The molecular formula is C11H12N2O. The highest BCUT2D eigenvalue weighted by molar-refractivity contribution is 5.45. The lowest BCUT2D eigenvalue weighted by Gasteiger charge is -2.04. The molecule has 2 rings (SSSR count). The highest BCUT2D eigenvalue weighted by Gasteiger charge is 2.06. The summed E-state index contributed by atoms with van der Waals surface area (Å²) in [5.74, 6) is 1.78. The van der Waals surface area contributed by atoms with E-state index in [9.17, 15) is 0 Å². The lowest BCUT2D eigenvalue weighted by Crippen LogP contribution is -1.95. The maximum atomic E-state index is 5.23. The Morgan fingerprint density at radius 3 is 2.79 bits per heavy atom. The van der Waals surface area contributed by atoms with Crippen LogP contribution in [-0.4, -0.2) is 9.97 Å². The van der Waals surface area contributed by atoms with Gasteiger partial charge < -0.3 is 4.42 Å². The number of nitrogens with zero attached hydrogens (tertiary/aromatic N) is 2. The van der Waals surface area contributed by atoms with Crippen molar-refractivity contribution in [1.82, 2.24) is 9.97 Å². The van der Waals surface area contributed by atoms with Crippen molar-refractivity contribution in [3.63, 3.8) is 0 Å². The predicted molar refractivity (Wildman–Crippen MR) is 53.8 cm³/mol. The summed E-state index contributed by atoms with van der Waals surface area (Å²) in [5, 5.41) is 0. The normalized spacial score (nSPS) is 10.8. The average molecular weight is 188 g/mol. The fourth-order valence-electron chi connectivity index (χ4n) is 1.22. The van der Waals surface area contributed by atoms with E-state index in [-0.39, 0.29) is 0 Å². The van der Waals surface area contributed by atoms with Crippen LogP contribution in [0.15, 0.2) is 35.1 Å². The zero-order valence-electron chi connectivity index (χ0n) is 8.27. The number of rotatable bonds is 2. The maximum Gasteiger partial charge on any atom is 0.195 e. The molecule has 0 atom stereocenters. The second kappa shape index (κ2) is 3.62. The third-order valence-corrected chi connectivity index (χ3v) is 2.01. The lowest BCUT2D eigenvalue weighted by molar-refractivity contribution is 0.576. The van der Waals surface area contributed by atoms with Gasteiger partial charge in [-0.15, -0.1) is 0 Å². The summed E-state index contributed by atoms with van der Waals surface area (Å²) in [5.41, 5.74) is 1.03. The molecule has 14 heavy (non-hydrogen) atoms. The highest BCUT2D eigenvalue weighted by Crippen LogP contribution is 2.17. The van der Waals surface area contributed by atoms with Gasteiger partial charge in [-0.25, -0.2) is 9.97 Å². The summed E-state index contributed by atoms with van der Waals surface area (Å²) < 4.78 is 5.23. The Kier molecular flexibility index (Phi) is 2.31. The van der Waals surface area contributed by atoms with Crippen LogP contribution in [0.5, 0.6) is 0 Å². The van der Waals surface area contributed by atoms with Crippen molar-refractivity contribution in [2.45, 2.75) is 19.8 Å². The van der Waals surface area contributed by atoms with Gasteiger partial charge in [0.05, 0.1) is 6.26 Å². The van der Waals surface area contributed by atoms with Gasteiger partial charge in [0.1, 0.15) is 0 Å². The molecule has 0 bridgehead atoms. The molecule has 3 heteroatoms. The fourth-order valence-corrected chi connectivity index (χ4v) is 1.22. The Morgan fingerprint density at radius 2 is 2.14 bits per heavy atom. The monoisotopic (exact) mass is 188 g/mol. The fraction of sp³-hybridized carbons (Fsp3) is 0.273. The standard InChI is InChI=1S/C11H12N2O/c1-8(2)9-5-6-12-11(13-9)10-4-3-7-14-10/h3-8H,1-2H3. The summed E-state index contributed by atoms with van der Waals surface area (Å²) >= 11 is 0. The van der Waals surface area contributed by atoms with Crippen molar-refractivity contribution >= 4 is 0 Å². The van der Waals surface area contributed by atoms with E-state index >= 15 is 0 Å². The summed E-state index contributed by atoms with van der Waals surface area (Å²) in [6, 6.07) is 5.62. The number of furan rings is 1. The molecule has 0 aliphatic carbocycles. The molecule has 0 amide bonds. The topological polar surface area (TPSA) is 38.9 Å². The van der Waals surface area contributed by atoms with Crippen molar-refractivity contribution in [1.29, 1.82) is 0 Å². The van der Waals surface area contributed by atoms with E-state index in [0.29, 0.717) is 17.5 Å². The van der Waals surface area contributed by atoms with Gasteiger partial charge in [0.15, 0.2) is 11.6 Å². The Morgan fingerprint density at radius 1 is 1.29 bits per heavy atom. The molecule has 2 aromatic rings. The van der Waals surface area contributed by atoms with E-state index in [1.165, 1.54) is 0 Å². The number of hydrogen-bond acceptors (Lipinski definition) is 3. The minimum absolute atomic E-state index is 0.409. The molecule has 0 radical (unpaired) electrons. The van der Waals surface area contributed by atoms with Crippen LogP contribution in [-0.2, 0) is 0 Å². The molecule has 0 saturated heterocycles. The van der Waals surface area contributed by atoms with Gasteiger partial charge in [0.25, 0.3) is 0 Å². The van der Waals surface area contributed by atoms with Crippen LogP contribution in [0.2, 0.25) is 0 Å². The molecule has 2 heterocycles. The molecule has 72 valence electrons. The van der Waals surface area contributed by atoms with Crippen LogP contribution >= 0.6 is 0 Å².